The summed E-state index contributed by atoms with van der Waals surface area (Å²) < 4.78 is 28.9. The van der Waals surface area contributed by atoms with Crippen LogP contribution in [0.2, 0.25) is 0 Å². The first-order valence-electron chi connectivity index (χ1n) is 10.3. The Morgan fingerprint density at radius 2 is 1.53 bits per heavy atom. The molecule has 0 aliphatic carbocycles. The maximum absolute atomic E-state index is 13.2. The molecule has 3 rings (SSSR count). The van der Waals surface area contributed by atoms with Gasteiger partial charge in [0, 0.05) is 5.56 Å². The Morgan fingerprint density at radius 1 is 0.938 bits per heavy atom. The monoisotopic (exact) mass is 472 g/mol. The van der Waals surface area contributed by atoms with E-state index in [9.17, 15) is 13.2 Å². The molecule has 1 aromatic heterocycles. The molecule has 0 aliphatic rings. The number of anilines is 1. The predicted molar refractivity (Wildman–Crippen MR) is 128 cm³/mol. The Morgan fingerprint density at radius 3 is 2.09 bits per heavy atom. The Labute approximate surface area is 193 Å². The minimum Gasteiger partial charge on any atom is -0.299 e. The van der Waals surface area contributed by atoms with Gasteiger partial charge in [-0.1, -0.05) is 72.7 Å². The lowest BCUT2D eigenvalue weighted by Gasteiger charge is -2.22. The number of rotatable bonds is 7. The van der Waals surface area contributed by atoms with Gasteiger partial charge in [0.2, 0.25) is 21.1 Å². The average molecular weight is 473 g/mol. The van der Waals surface area contributed by atoms with E-state index in [0.29, 0.717) is 21.3 Å². The van der Waals surface area contributed by atoms with E-state index in [1.807, 2.05) is 50.2 Å². The smallest absolute Gasteiger partial charge is 0.244 e. The highest BCUT2D eigenvalue weighted by Crippen LogP contribution is 2.27. The van der Waals surface area contributed by atoms with Crippen molar-refractivity contribution in [2.45, 2.75) is 52.5 Å². The molecule has 0 fully saturated rings. The fraction of sp³-hybridized carbons (Fsp3) is 0.348. The standard InChI is InChI=1S/C23H28N4O3S2/c1-13(2)19(27-32(29,30)20-16(5)11-15(4)12-17(20)6)21(28)24-23-26-25-22(31-23)18-9-7-14(3)8-10-18/h7-13,19,27H,1-6H3,(H,24,26,28). The van der Waals surface area contributed by atoms with Crippen molar-refractivity contribution in [2.75, 3.05) is 5.32 Å². The largest absolute Gasteiger partial charge is 0.299 e. The lowest BCUT2D eigenvalue weighted by Crippen LogP contribution is -2.47. The number of sulfonamides is 1. The number of aryl methyl sites for hydroxylation is 4. The minimum absolute atomic E-state index is 0.208. The molecule has 1 heterocycles. The molecule has 0 saturated heterocycles. The predicted octanol–water partition coefficient (Wildman–Crippen LogP) is 4.38. The third-order valence-corrected chi connectivity index (χ3v) is 7.69. The number of amides is 1. The van der Waals surface area contributed by atoms with Crippen LogP contribution in [0.25, 0.3) is 10.6 Å². The van der Waals surface area contributed by atoms with Crippen LogP contribution >= 0.6 is 11.3 Å². The van der Waals surface area contributed by atoms with Gasteiger partial charge in [0.25, 0.3) is 0 Å². The second kappa shape index (κ2) is 9.48. The summed E-state index contributed by atoms with van der Waals surface area (Å²) in [5, 5.41) is 11.9. The van der Waals surface area contributed by atoms with Crippen LogP contribution < -0.4 is 10.0 Å². The molecule has 170 valence electrons. The Hall–Kier alpha value is -2.62. The van der Waals surface area contributed by atoms with E-state index in [1.165, 1.54) is 11.3 Å². The number of hydrogen-bond acceptors (Lipinski definition) is 6. The SMILES string of the molecule is Cc1ccc(-c2nnc(NC(=O)C(NS(=O)(=O)c3c(C)cc(C)cc3C)C(C)C)s2)cc1. The second-order valence-corrected chi connectivity index (χ2v) is 11.0. The Balaban J connectivity index is 1.80. The summed E-state index contributed by atoms with van der Waals surface area (Å²) in [7, 11) is -3.91. The van der Waals surface area contributed by atoms with Crippen molar-refractivity contribution < 1.29 is 13.2 Å². The summed E-state index contributed by atoms with van der Waals surface area (Å²) in [5.74, 6) is -0.752. The van der Waals surface area contributed by atoms with Crippen LogP contribution in [-0.2, 0) is 14.8 Å². The Kier molecular flexibility index (Phi) is 7.12. The first-order valence-corrected chi connectivity index (χ1v) is 12.6. The van der Waals surface area contributed by atoms with Gasteiger partial charge in [-0.3, -0.25) is 10.1 Å². The number of carbonyl (C=O) groups is 1. The highest BCUT2D eigenvalue weighted by molar-refractivity contribution is 7.89. The number of hydrogen-bond donors (Lipinski definition) is 2. The third kappa shape index (κ3) is 5.40. The van der Waals surface area contributed by atoms with E-state index in [0.717, 1.165) is 16.7 Å². The first-order chi connectivity index (χ1) is 15.0. The van der Waals surface area contributed by atoms with Crippen molar-refractivity contribution in [3.05, 3.63) is 58.7 Å². The summed E-state index contributed by atoms with van der Waals surface area (Å²) in [4.78, 5) is 13.2. The van der Waals surface area contributed by atoms with Gasteiger partial charge in [-0.25, -0.2) is 8.42 Å². The molecular formula is C23H28N4O3S2. The fourth-order valence-corrected chi connectivity index (χ4v) is 6.13. The highest BCUT2D eigenvalue weighted by atomic mass is 32.2. The molecule has 0 spiro atoms. The maximum atomic E-state index is 13.2. The number of aromatic nitrogens is 2. The van der Waals surface area contributed by atoms with Gasteiger partial charge in [0.15, 0.2) is 0 Å². The zero-order valence-electron chi connectivity index (χ0n) is 19.1. The molecule has 1 atom stereocenters. The molecule has 1 unspecified atom stereocenters. The van der Waals surface area contributed by atoms with Crippen LogP contribution in [-0.4, -0.2) is 30.6 Å². The van der Waals surface area contributed by atoms with Crippen molar-refractivity contribution >= 4 is 32.4 Å². The molecule has 0 saturated carbocycles. The average Bonchev–Trinajstić information content (AvgIpc) is 3.13. The van der Waals surface area contributed by atoms with Crippen molar-refractivity contribution in [3.8, 4) is 10.6 Å². The topological polar surface area (TPSA) is 101 Å². The molecule has 0 radical (unpaired) electrons. The summed E-state index contributed by atoms with van der Waals surface area (Å²) in [5.41, 5.74) is 4.31. The number of nitrogens with one attached hydrogen (secondary N) is 2. The number of benzene rings is 2. The molecule has 32 heavy (non-hydrogen) atoms. The highest BCUT2D eigenvalue weighted by Gasteiger charge is 2.30. The van der Waals surface area contributed by atoms with E-state index in [-0.39, 0.29) is 10.8 Å². The van der Waals surface area contributed by atoms with Crippen LogP contribution in [0.3, 0.4) is 0 Å². The number of nitrogens with zero attached hydrogens (tertiary/aromatic N) is 2. The van der Waals surface area contributed by atoms with Crippen molar-refractivity contribution in [3.63, 3.8) is 0 Å². The van der Waals surface area contributed by atoms with Gasteiger partial charge in [-0.2, -0.15) is 4.72 Å². The fourth-order valence-electron chi connectivity index (χ4n) is 3.58. The van der Waals surface area contributed by atoms with Crippen molar-refractivity contribution in [1.29, 1.82) is 0 Å². The molecule has 9 heteroatoms. The van der Waals surface area contributed by atoms with E-state index in [4.69, 9.17) is 0 Å². The van der Waals surface area contributed by atoms with Gasteiger partial charge in [-0.15, -0.1) is 10.2 Å². The molecule has 2 N–H and O–H groups in total. The van der Waals surface area contributed by atoms with Crippen LogP contribution in [0.15, 0.2) is 41.3 Å². The third-order valence-electron chi connectivity index (χ3n) is 5.06. The number of carbonyl (C=O) groups excluding carboxylic acids is 1. The Bertz CT molecular complexity index is 1210. The van der Waals surface area contributed by atoms with Gasteiger partial charge in [0.05, 0.1) is 4.90 Å². The van der Waals surface area contributed by atoms with Crippen molar-refractivity contribution in [2.24, 2.45) is 5.92 Å². The van der Waals surface area contributed by atoms with E-state index in [2.05, 4.69) is 20.2 Å². The van der Waals surface area contributed by atoms with Gasteiger partial charge in [0.1, 0.15) is 11.0 Å². The molecule has 2 aromatic carbocycles. The van der Waals surface area contributed by atoms with Crippen LogP contribution in [0.5, 0.6) is 0 Å². The second-order valence-electron chi connectivity index (χ2n) is 8.34. The normalized spacial score (nSPS) is 12.7. The summed E-state index contributed by atoms with van der Waals surface area (Å²) in [6.45, 7) is 11.0. The minimum atomic E-state index is -3.91. The van der Waals surface area contributed by atoms with Gasteiger partial charge < -0.3 is 0 Å². The first kappa shape index (κ1) is 24.0. The summed E-state index contributed by atoms with van der Waals surface area (Å²) in [6, 6.07) is 10.5. The maximum Gasteiger partial charge on any atom is 0.244 e. The van der Waals surface area contributed by atoms with Gasteiger partial charge >= 0.3 is 0 Å². The molecule has 0 bridgehead atoms. The summed E-state index contributed by atoms with van der Waals surface area (Å²) >= 11 is 1.24. The molecule has 3 aromatic rings. The van der Waals surface area contributed by atoms with E-state index >= 15 is 0 Å². The molecule has 1 amide bonds. The van der Waals surface area contributed by atoms with Gasteiger partial charge in [-0.05, 0) is 44.7 Å². The summed E-state index contributed by atoms with van der Waals surface area (Å²) in [6.07, 6.45) is 0. The zero-order valence-corrected chi connectivity index (χ0v) is 20.7. The lowest BCUT2D eigenvalue weighted by atomic mass is 10.1. The van der Waals surface area contributed by atoms with Crippen molar-refractivity contribution in [1.82, 2.24) is 14.9 Å². The van der Waals surface area contributed by atoms with Crippen LogP contribution in [0, 0.1) is 33.6 Å². The molecule has 7 nitrogen and oxygen atoms in total. The lowest BCUT2D eigenvalue weighted by molar-refractivity contribution is -0.118. The van der Waals surface area contributed by atoms with Crippen LogP contribution in [0.4, 0.5) is 5.13 Å². The molecular weight excluding hydrogens is 444 g/mol. The van der Waals surface area contributed by atoms with Crippen LogP contribution in [0.1, 0.15) is 36.1 Å². The quantitative estimate of drug-likeness (QED) is 0.531. The van der Waals surface area contributed by atoms with E-state index in [1.54, 1.807) is 27.7 Å². The molecule has 0 aliphatic heterocycles. The zero-order chi connectivity index (χ0) is 23.6. The van der Waals surface area contributed by atoms with E-state index < -0.39 is 22.0 Å².